The minimum atomic E-state index is -0.484. The highest BCUT2D eigenvalue weighted by Crippen LogP contribution is 2.36. The molecule has 0 aliphatic carbocycles. The number of aromatic nitrogens is 1. The van der Waals surface area contributed by atoms with E-state index in [4.69, 9.17) is 9.26 Å². The number of hydrogen-bond donors (Lipinski definition) is 1. The second-order valence-electron chi connectivity index (χ2n) is 8.79. The van der Waals surface area contributed by atoms with Gasteiger partial charge in [0.15, 0.2) is 5.58 Å². The van der Waals surface area contributed by atoms with Crippen molar-refractivity contribution >= 4 is 33.6 Å². The topological polar surface area (TPSA) is 84.7 Å². The van der Waals surface area contributed by atoms with Crippen molar-refractivity contribution < 1.29 is 18.8 Å². The van der Waals surface area contributed by atoms with Crippen molar-refractivity contribution in [3.63, 3.8) is 0 Å². The third-order valence-corrected chi connectivity index (χ3v) is 6.35. The van der Waals surface area contributed by atoms with E-state index in [0.29, 0.717) is 30.7 Å². The van der Waals surface area contributed by atoms with Crippen LogP contribution in [0.15, 0.2) is 34.9 Å². The van der Waals surface area contributed by atoms with E-state index in [-0.39, 0.29) is 11.8 Å². The number of fused-ring (bicyclic) bond motifs is 3. The number of benzene rings is 2. The first-order chi connectivity index (χ1) is 16.1. The fourth-order valence-electron chi connectivity index (χ4n) is 4.45. The van der Waals surface area contributed by atoms with Crippen LogP contribution in [0.5, 0.6) is 5.75 Å². The van der Waals surface area contributed by atoms with Crippen molar-refractivity contribution in [2.75, 3.05) is 26.2 Å². The van der Waals surface area contributed by atoms with Crippen molar-refractivity contribution in [3.8, 4) is 5.75 Å². The molecule has 1 aliphatic rings. The van der Waals surface area contributed by atoms with Crippen LogP contribution in [0.3, 0.4) is 0 Å². The molecule has 3 aromatic rings. The highest BCUT2D eigenvalue weighted by Gasteiger charge is 2.32. The molecule has 1 aromatic heterocycles. The Labute approximate surface area is 194 Å². The summed E-state index contributed by atoms with van der Waals surface area (Å²) in [7, 11) is 0. The highest BCUT2D eigenvalue weighted by molar-refractivity contribution is 6.10. The van der Waals surface area contributed by atoms with Gasteiger partial charge in [0.1, 0.15) is 18.1 Å². The third-order valence-electron chi connectivity index (χ3n) is 6.35. The predicted octanol–water partition coefficient (Wildman–Crippen LogP) is 4.78. The van der Waals surface area contributed by atoms with Crippen LogP contribution < -0.4 is 10.1 Å². The summed E-state index contributed by atoms with van der Waals surface area (Å²) in [5, 5.41) is 9.42. The molecule has 33 heavy (non-hydrogen) atoms. The van der Waals surface area contributed by atoms with Crippen LogP contribution in [0.4, 0.5) is 0 Å². The standard InChI is InChI=1S/C26H33N3O4/c1-3-5-13-29(14-6-4-2)15-16-32-19-8-9-20-18(17-19)7-11-22-24(20)25(28-33-22)21-10-12-23(30)27-26(21)31/h7-9,11,17,21H,3-6,10,12-16H2,1-2H3,(H,27,30,31)/t21-/m1/s1. The van der Waals surface area contributed by atoms with Crippen LogP contribution in [-0.4, -0.2) is 48.1 Å². The summed E-state index contributed by atoms with van der Waals surface area (Å²) in [4.78, 5) is 26.4. The molecule has 0 radical (unpaired) electrons. The Bertz CT molecular complexity index is 1120. The molecule has 0 spiro atoms. The van der Waals surface area contributed by atoms with Crippen LogP contribution in [-0.2, 0) is 9.59 Å². The quantitative estimate of drug-likeness (QED) is 0.422. The van der Waals surface area contributed by atoms with Crippen LogP contribution in [0.25, 0.3) is 21.7 Å². The molecule has 2 heterocycles. The monoisotopic (exact) mass is 451 g/mol. The van der Waals surface area contributed by atoms with Gasteiger partial charge < -0.3 is 9.26 Å². The Morgan fingerprint density at radius 3 is 2.61 bits per heavy atom. The average Bonchev–Trinajstić information content (AvgIpc) is 3.24. The normalized spacial score (nSPS) is 16.6. The summed E-state index contributed by atoms with van der Waals surface area (Å²) in [6, 6.07) is 9.86. The number of unbranched alkanes of at least 4 members (excludes halogenated alkanes) is 2. The fraction of sp³-hybridized carbons (Fsp3) is 0.500. The number of hydrogen-bond acceptors (Lipinski definition) is 6. The van der Waals surface area contributed by atoms with E-state index in [0.717, 1.165) is 41.5 Å². The lowest BCUT2D eigenvalue weighted by molar-refractivity contribution is -0.134. The Hall–Kier alpha value is -2.93. The molecule has 1 aliphatic heterocycles. The lowest BCUT2D eigenvalue weighted by Gasteiger charge is -2.22. The number of nitrogens with zero attached hydrogens (tertiary/aromatic N) is 2. The Morgan fingerprint density at radius 1 is 1.09 bits per heavy atom. The first kappa shape index (κ1) is 23.2. The Kier molecular flexibility index (Phi) is 7.60. The maximum absolute atomic E-state index is 12.4. The number of amides is 2. The molecule has 1 N–H and O–H groups in total. The molecule has 1 atom stereocenters. The fourth-order valence-corrected chi connectivity index (χ4v) is 4.45. The molecule has 0 bridgehead atoms. The predicted molar refractivity (Wildman–Crippen MR) is 128 cm³/mol. The van der Waals surface area contributed by atoms with Crippen LogP contribution in [0.1, 0.15) is 64.0 Å². The molecule has 2 amide bonds. The molecule has 176 valence electrons. The molecule has 1 fully saturated rings. The van der Waals surface area contributed by atoms with E-state index in [1.165, 1.54) is 25.7 Å². The molecular formula is C26H33N3O4. The summed E-state index contributed by atoms with van der Waals surface area (Å²) >= 11 is 0. The van der Waals surface area contributed by atoms with Crippen molar-refractivity contribution in [2.45, 2.75) is 58.3 Å². The van der Waals surface area contributed by atoms with Gasteiger partial charge in [-0.2, -0.15) is 0 Å². The second kappa shape index (κ2) is 10.8. The number of imide groups is 1. The van der Waals surface area contributed by atoms with Crippen molar-refractivity contribution in [2.24, 2.45) is 0 Å². The first-order valence-corrected chi connectivity index (χ1v) is 12.1. The maximum atomic E-state index is 12.4. The van der Waals surface area contributed by atoms with E-state index in [1.807, 2.05) is 30.3 Å². The minimum Gasteiger partial charge on any atom is -0.492 e. The SMILES string of the molecule is CCCCN(CCCC)CCOc1ccc2c(ccc3onc([C@H]4CCC(=O)NC4=O)c32)c1. The molecule has 7 nitrogen and oxygen atoms in total. The lowest BCUT2D eigenvalue weighted by atomic mass is 9.91. The van der Waals surface area contributed by atoms with Crippen molar-refractivity contribution in [1.82, 2.24) is 15.4 Å². The van der Waals surface area contributed by atoms with Gasteiger partial charge in [0.05, 0.1) is 11.3 Å². The van der Waals surface area contributed by atoms with Gasteiger partial charge in [-0.15, -0.1) is 0 Å². The number of rotatable bonds is 11. The molecule has 0 unspecified atom stereocenters. The van der Waals surface area contributed by atoms with E-state index in [1.54, 1.807) is 0 Å². The molecule has 7 heteroatoms. The van der Waals surface area contributed by atoms with Crippen LogP contribution >= 0.6 is 0 Å². The lowest BCUT2D eigenvalue weighted by Crippen LogP contribution is -2.39. The van der Waals surface area contributed by atoms with E-state index < -0.39 is 5.92 Å². The zero-order valence-corrected chi connectivity index (χ0v) is 19.6. The third kappa shape index (κ3) is 5.36. The second-order valence-corrected chi connectivity index (χ2v) is 8.79. The average molecular weight is 452 g/mol. The number of ether oxygens (including phenoxy) is 1. The Balaban J connectivity index is 1.50. The zero-order valence-electron chi connectivity index (χ0n) is 19.6. The van der Waals surface area contributed by atoms with Crippen LogP contribution in [0.2, 0.25) is 0 Å². The van der Waals surface area contributed by atoms with Gasteiger partial charge in [0.2, 0.25) is 11.8 Å². The maximum Gasteiger partial charge on any atom is 0.235 e. The minimum absolute atomic E-state index is 0.237. The Morgan fingerprint density at radius 2 is 1.88 bits per heavy atom. The number of piperidine rings is 1. The number of carbonyl (C=O) groups is 2. The molecule has 1 saturated heterocycles. The zero-order chi connectivity index (χ0) is 23.2. The molecule has 0 saturated carbocycles. The summed E-state index contributed by atoms with van der Waals surface area (Å²) in [6.45, 7) is 8.25. The van der Waals surface area contributed by atoms with Gasteiger partial charge in [-0.05, 0) is 67.4 Å². The summed E-state index contributed by atoms with van der Waals surface area (Å²) in [6.07, 6.45) is 5.57. The van der Waals surface area contributed by atoms with E-state index >= 15 is 0 Å². The van der Waals surface area contributed by atoms with E-state index in [9.17, 15) is 9.59 Å². The first-order valence-electron chi connectivity index (χ1n) is 12.1. The van der Waals surface area contributed by atoms with Gasteiger partial charge in [-0.25, -0.2) is 0 Å². The molecule has 4 rings (SSSR count). The summed E-state index contributed by atoms with van der Waals surface area (Å²) < 4.78 is 11.6. The van der Waals surface area contributed by atoms with Gasteiger partial charge in [0, 0.05) is 13.0 Å². The summed E-state index contributed by atoms with van der Waals surface area (Å²) in [5.41, 5.74) is 1.23. The van der Waals surface area contributed by atoms with Gasteiger partial charge >= 0.3 is 0 Å². The van der Waals surface area contributed by atoms with Crippen molar-refractivity contribution in [3.05, 3.63) is 36.0 Å². The van der Waals surface area contributed by atoms with Crippen molar-refractivity contribution in [1.29, 1.82) is 0 Å². The molecule has 2 aromatic carbocycles. The summed E-state index contributed by atoms with van der Waals surface area (Å²) in [5.74, 6) is -0.206. The van der Waals surface area contributed by atoms with Crippen LogP contribution in [0, 0.1) is 0 Å². The van der Waals surface area contributed by atoms with Gasteiger partial charge in [-0.3, -0.25) is 19.8 Å². The number of nitrogens with one attached hydrogen (secondary N) is 1. The molecular weight excluding hydrogens is 418 g/mol. The highest BCUT2D eigenvalue weighted by atomic mass is 16.5. The smallest absolute Gasteiger partial charge is 0.235 e. The number of carbonyl (C=O) groups excluding carboxylic acids is 2. The largest absolute Gasteiger partial charge is 0.492 e. The van der Waals surface area contributed by atoms with Gasteiger partial charge in [0.25, 0.3) is 0 Å². The van der Waals surface area contributed by atoms with E-state index in [2.05, 4.69) is 29.2 Å². The van der Waals surface area contributed by atoms with Gasteiger partial charge in [-0.1, -0.05) is 37.9 Å².